The van der Waals surface area contributed by atoms with Crippen LogP contribution in [0.25, 0.3) is 5.57 Å². The molecule has 1 aromatic carbocycles. The number of aryl methyl sites for hydroxylation is 1. The number of allylic oxidation sites excluding steroid dienone is 1. The van der Waals surface area contributed by atoms with Gasteiger partial charge >= 0.3 is 0 Å². The molecule has 116 valence electrons. The summed E-state index contributed by atoms with van der Waals surface area (Å²) < 4.78 is 18.3. The lowest BCUT2D eigenvalue weighted by Crippen LogP contribution is -2.23. The van der Waals surface area contributed by atoms with E-state index >= 15 is 0 Å². The quantitative estimate of drug-likeness (QED) is 0.618. The Balaban J connectivity index is 2.83. The van der Waals surface area contributed by atoms with Gasteiger partial charge in [-0.25, -0.2) is 4.39 Å². The number of amides is 1. The number of halogens is 1. The van der Waals surface area contributed by atoms with Crippen LogP contribution in [0, 0.1) is 18.7 Å². The van der Waals surface area contributed by atoms with E-state index in [2.05, 4.69) is 5.32 Å². The fourth-order valence-corrected chi connectivity index (χ4v) is 2.03. The minimum atomic E-state index is -0.231. The number of methoxy groups -OCH3 is 1. The summed E-state index contributed by atoms with van der Waals surface area (Å²) in [6.07, 6.45) is 2.38. The van der Waals surface area contributed by atoms with Gasteiger partial charge in [-0.3, -0.25) is 4.79 Å². The van der Waals surface area contributed by atoms with E-state index in [0.717, 1.165) is 17.6 Å². The molecule has 0 spiro atoms. The highest BCUT2D eigenvalue weighted by molar-refractivity contribution is 5.95. The third-order valence-corrected chi connectivity index (χ3v) is 3.22. The Kier molecular flexibility index (Phi) is 7.09. The number of nitrogens with one attached hydrogen (secondary N) is 1. The van der Waals surface area contributed by atoms with Crippen LogP contribution in [-0.2, 0) is 9.53 Å². The monoisotopic (exact) mass is 293 g/mol. The van der Waals surface area contributed by atoms with Gasteiger partial charge < -0.3 is 10.1 Å². The minimum Gasteiger partial charge on any atom is -0.385 e. The van der Waals surface area contributed by atoms with Gasteiger partial charge in [-0.1, -0.05) is 19.9 Å². The van der Waals surface area contributed by atoms with Crippen LogP contribution in [0.15, 0.2) is 24.3 Å². The number of hydrogen-bond donors (Lipinski definition) is 1. The molecule has 0 fully saturated rings. The molecule has 0 aliphatic rings. The number of ether oxygens (including phenoxy) is 1. The molecule has 0 saturated carbocycles. The van der Waals surface area contributed by atoms with Crippen molar-refractivity contribution in [3.05, 3.63) is 41.2 Å². The topological polar surface area (TPSA) is 38.3 Å². The SMILES string of the molecule is COCCCNC(=O)/C=C(/c1ccc(F)c(C)c1)C(C)C. The first-order valence-corrected chi connectivity index (χ1v) is 7.20. The molecule has 1 rings (SSSR count). The first kappa shape index (κ1) is 17.4. The van der Waals surface area contributed by atoms with Crippen LogP contribution < -0.4 is 5.32 Å². The van der Waals surface area contributed by atoms with Crippen molar-refractivity contribution < 1.29 is 13.9 Å². The second-order valence-electron chi connectivity index (χ2n) is 5.36. The summed E-state index contributed by atoms with van der Waals surface area (Å²) in [5.41, 5.74) is 2.37. The third kappa shape index (κ3) is 5.68. The molecular weight excluding hydrogens is 269 g/mol. The fourth-order valence-electron chi connectivity index (χ4n) is 2.03. The molecule has 0 unspecified atom stereocenters. The maximum Gasteiger partial charge on any atom is 0.244 e. The summed E-state index contributed by atoms with van der Waals surface area (Å²) in [4.78, 5) is 11.9. The average molecular weight is 293 g/mol. The first-order valence-electron chi connectivity index (χ1n) is 7.20. The molecule has 0 aliphatic heterocycles. The predicted octanol–water partition coefficient (Wildman–Crippen LogP) is 3.33. The second-order valence-corrected chi connectivity index (χ2v) is 5.36. The molecule has 3 nitrogen and oxygen atoms in total. The van der Waals surface area contributed by atoms with Gasteiger partial charge in [-0.15, -0.1) is 0 Å². The van der Waals surface area contributed by atoms with Gasteiger partial charge in [0.1, 0.15) is 5.82 Å². The zero-order valence-corrected chi connectivity index (χ0v) is 13.2. The Morgan fingerprint density at radius 3 is 2.71 bits per heavy atom. The smallest absolute Gasteiger partial charge is 0.244 e. The van der Waals surface area contributed by atoms with E-state index in [4.69, 9.17) is 4.74 Å². The first-order chi connectivity index (χ1) is 9.95. The molecule has 1 N–H and O–H groups in total. The highest BCUT2D eigenvalue weighted by Gasteiger charge is 2.10. The maximum atomic E-state index is 13.4. The minimum absolute atomic E-state index is 0.128. The molecule has 4 heteroatoms. The Morgan fingerprint density at radius 1 is 1.43 bits per heavy atom. The van der Waals surface area contributed by atoms with Crippen LogP contribution in [0.3, 0.4) is 0 Å². The largest absolute Gasteiger partial charge is 0.385 e. The van der Waals surface area contributed by atoms with Gasteiger partial charge in [-0.2, -0.15) is 0 Å². The second kappa shape index (κ2) is 8.57. The average Bonchev–Trinajstić information content (AvgIpc) is 2.44. The predicted molar refractivity (Wildman–Crippen MR) is 83.5 cm³/mol. The molecule has 0 radical (unpaired) electrons. The number of rotatable bonds is 7. The van der Waals surface area contributed by atoms with E-state index in [9.17, 15) is 9.18 Å². The van der Waals surface area contributed by atoms with Crippen LogP contribution in [0.5, 0.6) is 0 Å². The van der Waals surface area contributed by atoms with Gasteiger partial charge in [0.05, 0.1) is 0 Å². The van der Waals surface area contributed by atoms with Crippen molar-refractivity contribution in [2.24, 2.45) is 5.92 Å². The standard InChI is InChI=1S/C17H24FNO2/c1-12(2)15(11-17(20)19-8-5-9-21-4)14-6-7-16(18)13(3)10-14/h6-7,10-12H,5,8-9H2,1-4H3,(H,19,20)/b15-11+. The number of benzene rings is 1. The zero-order valence-electron chi connectivity index (χ0n) is 13.2. The Bertz CT molecular complexity index is 510. The van der Waals surface area contributed by atoms with Crippen molar-refractivity contribution in [1.82, 2.24) is 5.32 Å². The fraction of sp³-hybridized carbons (Fsp3) is 0.471. The number of carbonyl (C=O) groups is 1. The van der Waals surface area contributed by atoms with Crippen LogP contribution in [0.4, 0.5) is 4.39 Å². The van der Waals surface area contributed by atoms with Crippen molar-refractivity contribution in [3.63, 3.8) is 0 Å². The molecule has 1 aromatic rings. The summed E-state index contributed by atoms with van der Waals surface area (Å²) >= 11 is 0. The highest BCUT2D eigenvalue weighted by atomic mass is 19.1. The summed E-state index contributed by atoms with van der Waals surface area (Å²) in [5.74, 6) is -0.178. The van der Waals surface area contributed by atoms with Crippen LogP contribution >= 0.6 is 0 Å². The van der Waals surface area contributed by atoms with Crippen molar-refractivity contribution in [2.45, 2.75) is 27.2 Å². The molecule has 0 aliphatic carbocycles. The van der Waals surface area contributed by atoms with E-state index in [1.54, 1.807) is 32.2 Å². The summed E-state index contributed by atoms with van der Waals surface area (Å²) in [5, 5.41) is 2.83. The van der Waals surface area contributed by atoms with Crippen molar-refractivity contribution >= 4 is 11.5 Å². The van der Waals surface area contributed by atoms with Crippen molar-refractivity contribution in [1.29, 1.82) is 0 Å². The summed E-state index contributed by atoms with van der Waals surface area (Å²) in [6.45, 7) is 6.96. The lowest BCUT2D eigenvalue weighted by molar-refractivity contribution is -0.116. The van der Waals surface area contributed by atoms with Crippen molar-refractivity contribution in [3.8, 4) is 0 Å². The Hall–Kier alpha value is -1.68. The Morgan fingerprint density at radius 2 is 2.14 bits per heavy atom. The molecule has 0 heterocycles. The van der Waals surface area contributed by atoms with Gasteiger partial charge in [0, 0.05) is 26.3 Å². The normalized spacial score (nSPS) is 11.8. The molecule has 0 saturated heterocycles. The van der Waals surface area contributed by atoms with E-state index in [1.165, 1.54) is 6.07 Å². The molecule has 0 bridgehead atoms. The lowest BCUT2D eigenvalue weighted by atomic mass is 9.93. The van der Waals surface area contributed by atoms with Gasteiger partial charge in [-0.05, 0) is 48.1 Å². The lowest BCUT2D eigenvalue weighted by Gasteiger charge is -2.13. The van der Waals surface area contributed by atoms with Gasteiger partial charge in [0.2, 0.25) is 5.91 Å². The van der Waals surface area contributed by atoms with Crippen LogP contribution in [0.1, 0.15) is 31.4 Å². The zero-order chi connectivity index (χ0) is 15.8. The van der Waals surface area contributed by atoms with Crippen LogP contribution in [-0.4, -0.2) is 26.2 Å². The van der Waals surface area contributed by atoms with Crippen LogP contribution in [0.2, 0.25) is 0 Å². The molecular formula is C17H24FNO2. The Labute approximate surface area is 126 Å². The molecule has 21 heavy (non-hydrogen) atoms. The highest BCUT2D eigenvalue weighted by Crippen LogP contribution is 2.24. The van der Waals surface area contributed by atoms with E-state index in [-0.39, 0.29) is 17.6 Å². The van der Waals surface area contributed by atoms with Crippen molar-refractivity contribution in [2.75, 3.05) is 20.3 Å². The molecule has 1 amide bonds. The summed E-state index contributed by atoms with van der Waals surface area (Å²) in [6, 6.07) is 4.93. The summed E-state index contributed by atoms with van der Waals surface area (Å²) in [7, 11) is 1.63. The maximum absolute atomic E-state index is 13.4. The van der Waals surface area contributed by atoms with Gasteiger partial charge in [0.15, 0.2) is 0 Å². The van der Waals surface area contributed by atoms with E-state index < -0.39 is 0 Å². The number of carbonyl (C=O) groups excluding carboxylic acids is 1. The van der Waals surface area contributed by atoms with E-state index in [0.29, 0.717) is 18.7 Å². The third-order valence-electron chi connectivity index (χ3n) is 3.22. The molecule has 0 atom stereocenters. The molecule has 0 aromatic heterocycles. The van der Waals surface area contributed by atoms with E-state index in [1.807, 2.05) is 13.8 Å². The van der Waals surface area contributed by atoms with Gasteiger partial charge in [0.25, 0.3) is 0 Å². The number of hydrogen-bond acceptors (Lipinski definition) is 2.